The predicted molar refractivity (Wildman–Crippen MR) is 41.4 cm³/mol. The van der Waals surface area contributed by atoms with Gasteiger partial charge in [-0.05, 0) is 34.7 Å². The van der Waals surface area contributed by atoms with E-state index < -0.39 is 5.97 Å². The van der Waals surface area contributed by atoms with Crippen molar-refractivity contribution in [2.24, 2.45) is 0 Å². The number of carbonyl (C=O) groups is 1. The molecule has 0 aromatic carbocycles. The summed E-state index contributed by atoms with van der Waals surface area (Å²) in [6.07, 6.45) is 0. The molecule has 0 N–H and O–H groups in total. The molecular formula is C5H2IO2S-. The number of carboxylic acid groups (broad SMARTS) is 1. The van der Waals surface area contributed by atoms with Gasteiger partial charge in [-0.3, -0.25) is 0 Å². The van der Waals surface area contributed by atoms with Crippen LogP contribution in [0.5, 0.6) is 0 Å². The van der Waals surface area contributed by atoms with E-state index in [9.17, 15) is 9.90 Å². The zero-order valence-corrected chi connectivity index (χ0v) is 7.23. The molecule has 0 saturated heterocycles. The fraction of sp³-hybridized carbons (Fsp3) is 0. The van der Waals surface area contributed by atoms with Crippen molar-refractivity contribution < 1.29 is 9.90 Å². The Morgan fingerprint density at radius 2 is 2.33 bits per heavy atom. The van der Waals surface area contributed by atoms with Crippen LogP contribution in [0.2, 0.25) is 0 Å². The fourth-order valence-corrected chi connectivity index (χ4v) is 1.88. The Labute approximate surface area is 69.7 Å². The molecule has 1 aromatic heterocycles. The Morgan fingerprint density at radius 3 is 2.56 bits per heavy atom. The summed E-state index contributed by atoms with van der Waals surface area (Å²) in [5.41, 5.74) is 0. The quantitative estimate of drug-likeness (QED) is 0.692. The number of carboxylic acids is 1. The first-order valence-corrected chi connectivity index (χ1v) is 4.06. The average Bonchev–Trinajstić information content (AvgIpc) is 2.14. The molecule has 0 saturated carbocycles. The summed E-state index contributed by atoms with van der Waals surface area (Å²) in [4.78, 5) is 10.4. The summed E-state index contributed by atoms with van der Waals surface area (Å²) in [6, 6.07) is 3.29. The second-order valence-corrected chi connectivity index (χ2v) is 4.37. The van der Waals surface area contributed by atoms with E-state index in [1.54, 1.807) is 12.1 Å². The molecule has 0 spiro atoms. The van der Waals surface area contributed by atoms with Gasteiger partial charge >= 0.3 is 0 Å². The van der Waals surface area contributed by atoms with Crippen LogP contribution >= 0.6 is 33.9 Å². The van der Waals surface area contributed by atoms with Crippen LogP contribution < -0.4 is 5.11 Å². The summed E-state index contributed by atoms with van der Waals surface area (Å²) < 4.78 is 0.965. The van der Waals surface area contributed by atoms with Crippen LogP contribution in [0.15, 0.2) is 12.1 Å². The van der Waals surface area contributed by atoms with Crippen molar-refractivity contribution in [3.8, 4) is 0 Å². The second-order valence-electron chi connectivity index (χ2n) is 1.39. The van der Waals surface area contributed by atoms with Crippen LogP contribution in [0.4, 0.5) is 0 Å². The van der Waals surface area contributed by atoms with E-state index in [0.29, 0.717) is 4.88 Å². The van der Waals surface area contributed by atoms with Crippen LogP contribution in [-0.4, -0.2) is 5.97 Å². The lowest BCUT2D eigenvalue weighted by atomic mass is 10.5. The molecule has 0 aliphatic carbocycles. The molecule has 0 bridgehead atoms. The zero-order chi connectivity index (χ0) is 6.85. The van der Waals surface area contributed by atoms with E-state index in [0.717, 1.165) is 2.88 Å². The number of aromatic carboxylic acids is 1. The third-order valence-corrected chi connectivity index (χ3v) is 2.65. The van der Waals surface area contributed by atoms with Crippen molar-refractivity contribution in [2.45, 2.75) is 0 Å². The molecule has 1 aromatic rings. The van der Waals surface area contributed by atoms with Crippen molar-refractivity contribution in [1.82, 2.24) is 0 Å². The monoisotopic (exact) mass is 253 g/mol. The maximum Gasteiger partial charge on any atom is 0.0815 e. The zero-order valence-electron chi connectivity index (χ0n) is 4.26. The van der Waals surface area contributed by atoms with Crippen molar-refractivity contribution in [2.75, 3.05) is 0 Å². The highest BCUT2D eigenvalue weighted by Gasteiger charge is 1.95. The summed E-state index contributed by atoms with van der Waals surface area (Å²) in [7, 11) is 0. The molecule has 0 aliphatic heterocycles. The smallest absolute Gasteiger partial charge is 0.0815 e. The first-order chi connectivity index (χ1) is 4.20. The Kier molecular flexibility index (Phi) is 2.07. The van der Waals surface area contributed by atoms with Crippen molar-refractivity contribution in [1.29, 1.82) is 0 Å². The summed E-state index contributed by atoms with van der Waals surface area (Å²) in [5, 5.41) is 10.1. The first kappa shape index (κ1) is 7.01. The van der Waals surface area contributed by atoms with Gasteiger partial charge in [0.05, 0.1) is 13.7 Å². The standard InChI is InChI=1S/C5H3IO2S/c6-4-2-1-3(9-4)5(7)8/h1-2H,(H,7,8)/p-1. The molecule has 0 fully saturated rings. The largest absolute Gasteiger partial charge is 0.544 e. The first-order valence-electron chi connectivity index (χ1n) is 2.17. The minimum absolute atomic E-state index is 0.291. The molecular weight excluding hydrogens is 251 g/mol. The maximum atomic E-state index is 10.1. The maximum absolute atomic E-state index is 10.1. The molecule has 4 heteroatoms. The fourth-order valence-electron chi connectivity index (χ4n) is 0.424. The molecule has 2 nitrogen and oxygen atoms in total. The Hall–Kier alpha value is -0.100. The molecule has 0 atom stereocenters. The van der Waals surface area contributed by atoms with E-state index >= 15 is 0 Å². The molecule has 0 radical (unpaired) electrons. The van der Waals surface area contributed by atoms with Gasteiger partial charge < -0.3 is 9.90 Å². The van der Waals surface area contributed by atoms with Gasteiger partial charge in [-0.15, -0.1) is 11.3 Å². The third kappa shape index (κ3) is 1.65. The van der Waals surface area contributed by atoms with E-state index in [-0.39, 0.29) is 0 Å². The number of hydrogen-bond acceptors (Lipinski definition) is 3. The molecule has 0 aliphatic rings. The minimum Gasteiger partial charge on any atom is -0.544 e. The van der Waals surface area contributed by atoms with Crippen molar-refractivity contribution in [3.63, 3.8) is 0 Å². The van der Waals surface area contributed by atoms with E-state index in [1.807, 2.05) is 0 Å². The van der Waals surface area contributed by atoms with Gasteiger partial charge in [0, 0.05) is 0 Å². The lowest BCUT2D eigenvalue weighted by Crippen LogP contribution is -2.20. The Balaban J connectivity index is 2.98. The summed E-state index contributed by atoms with van der Waals surface area (Å²) >= 11 is 3.28. The van der Waals surface area contributed by atoms with Gasteiger partial charge in [-0.1, -0.05) is 0 Å². The van der Waals surface area contributed by atoms with E-state index in [1.165, 1.54) is 11.3 Å². The van der Waals surface area contributed by atoms with Gasteiger partial charge in [0.1, 0.15) is 0 Å². The summed E-state index contributed by atoms with van der Waals surface area (Å²) in [5.74, 6) is -1.09. The topological polar surface area (TPSA) is 40.1 Å². The van der Waals surface area contributed by atoms with Crippen LogP contribution in [0.1, 0.15) is 9.67 Å². The minimum atomic E-state index is -1.09. The molecule has 9 heavy (non-hydrogen) atoms. The van der Waals surface area contributed by atoms with Gasteiger partial charge in [0.25, 0.3) is 0 Å². The number of thiophene rings is 1. The van der Waals surface area contributed by atoms with Gasteiger partial charge in [0.2, 0.25) is 0 Å². The van der Waals surface area contributed by atoms with Crippen LogP contribution in [0.3, 0.4) is 0 Å². The molecule has 1 heterocycles. The van der Waals surface area contributed by atoms with Crippen LogP contribution in [-0.2, 0) is 0 Å². The predicted octanol–water partition coefficient (Wildman–Crippen LogP) is 0.716. The van der Waals surface area contributed by atoms with Crippen molar-refractivity contribution >= 4 is 39.9 Å². The normalized spacial score (nSPS) is 9.44. The van der Waals surface area contributed by atoms with Crippen LogP contribution in [0.25, 0.3) is 0 Å². The SMILES string of the molecule is O=C([O-])c1ccc(I)s1. The summed E-state index contributed by atoms with van der Waals surface area (Å²) in [6.45, 7) is 0. The molecule has 0 unspecified atom stereocenters. The average molecular weight is 253 g/mol. The number of carbonyl (C=O) groups excluding carboxylic acids is 1. The Morgan fingerprint density at radius 1 is 1.67 bits per heavy atom. The van der Waals surface area contributed by atoms with E-state index in [4.69, 9.17) is 0 Å². The lowest BCUT2D eigenvalue weighted by molar-refractivity contribution is -0.254. The van der Waals surface area contributed by atoms with Gasteiger partial charge in [0.15, 0.2) is 0 Å². The van der Waals surface area contributed by atoms with Crippen molar-refractivity contribution in [3.05, 3.63) is 19.9 Å². The Bertz CT molecular complexity index is 231. The number of hydrogen-bond donors (Lipinski definition) is 0. The highest BCUT2D eigenvalue weighted by atomic mass is 127. The molecule has 0 amide bonds. The molecule has 1 rings (SSSR count). The lowest BCUT2D eigenvalue weighted by Gasteiger charge is -1.92. The number of rotatable bonds is 1. The highest BCUT2D eigenvalue weighted by molar-refractivity contribution is 14.1. The van der Waals surface area contributed by atoms with E-state index in [2.05, 4.69) is 22.6 Å². The third-order valence-electron chi connectivity index (χ3n) is 0.774. The highest BCUT2D eigenvalue weighted by Crippen LogP contribution is 2.16. The van der Waals surface area contributed by atoms with Gasteiger partial charge in [-0.2, -0.15) is 0 Å². The van der Waals surface area contributed by atoms with Gasteiger partial charge in [-0.25, -0.2) is 0 Å². The van der Waals surface area contributed by atoms with Crippen LogP contribution in [0, 0.1) is 2.88 Å². The molecule has 48 valence electrons. The number of halogens is 1. The second kappa shape index (κ2) is 2.66.